The predicted molar refractivity (Wildman–Crippen MR) is 103 cm³/mol. The largest absolute Gasteiger partial charge is 0.360 e. The number of pyridine rings is 1. The summed E-state index contributed by atoms with van der Waals surface area (Å²) >= 11 is 0. The lowest BCUT2D eigenvalue weighted by molar-refractivity contribution is -0.131. The molecule has 7 heteroatoms. The molecular weight excluding hydrogens is 344 g/mol. The molecule has 0 saturated carbocycles. The van der Waals surface area contributed by atoms with Crippen LogP contribution in [0.4, 0.5) is 0 Å². The van der Waals surface area contributed by atoms with Gasteiger partial charge in [0.05, 0.1) is 6.54 Å². The van der Waals surface area contributed by atoms with E-state index < -0.39 is 5.91 Å². The van der Waals surface area contributed by atoms with Crippen molar-refractivity contribution >= 4 is 22.7 Å². The number of piperidine rings is 1. The van der Waals surface area contributed by atoms with Crippen LogP contribution in [0, 0.1) is 0 Å². The molecule has 0 spiro atoms. The molecule has 2 aliphatic rings. The highest BCUT2D eigenvalue weighted by atomic mass is 16.2. The van der Waals surface area contributed by atoms with Gasteiger partial charge in [-0.25, -0.2) is 0 Å². The summed E-state index contributed by atoms with van der Waals surface area (Å²) in [5.74, 6) is -0.666. The summed E-state index contributed by atoms with van der Waals surface area (Å²) in [6.45, 7) is -0.110. The van der Waals surface area contributed by atoms with Crippen LogP contribution in [0.2, 0.25) is 0 Å². The standard InChI is InChI=1S/C20H24N4O3/c1-24(14-8-12-6-7-13(9-14)23-12)18(25)11-22-20(27)16-10-21-17-5-3-2-4-15(17)19(16)26/h2-5,10,12-14,23H,6-9,11H2,1H3,(H,21,26)(H,22,27). The van der Waals surface area contributed by atoms with Crippen molar-refractivity contribution in [2.45, 2.75) is 43.8 Å². The van der Waals surface area contributed by atoms with Gasteiger partial charge < -0.3 is 20.5 Å². The second kappa shape index (κ2) is 7.15. The van der Waals surface area contributed by atoms with Crippen LogP contribution < -0.4 is 16.1 Å². The van der Waals surface area contributed by atoms with Crippen molar-refractivity contribution in [2.75, 3.05) is 13.6 Å². The topological polar surface area (TPSA) is 94.3 Å². The van der Waals surface area contributed by atoms with Gasteiger partial charge in [-0.1, -0.05) is 12.1 Å². The van der Waals surface area contributed by atoms with Crippen LogP contribution in [0.15, 0.2) is 35.3 Å². The van der Waals surface area contributed by atoms with Crippen LogP contribution in [-0.4, -0.2) is 53.4 Å². The number of carbonyl (C=O) groups excluding carboxylic acids is 2. The van der Waals surface area contributed by atoms with Gasteiger partial charge in [-0.05, 0) is 37.8 Å². The zero-order valence-corrected chi connectivity index (χ0v) is 15.3. The highest BCUT2D eigenvalue weighted by Gasteiger charge is 2.36. The van der Waals surface area contributed by atoms with E-state index in [1.54, 1.807) is 30.1 Å². The first-order valence-corrected chi connectivity index (χ1v) is 9.43. The molecule has 2 atom stereocenters. The summed E-state index contributed by atoms with van der Waals surface area (Å²) in [5, 5.41) is 6.61. The summed E-state index contributed by atoms with van der Waals surface area (Å²) < 4.78 is 0. The lowest BCUT2D eigenvalue weighted by Crippen LogP contribution is -2.50. The SMILES string of the molecule is CN(C(=O)CNC(=O)c1c[nH]c2ccccc2c1=O)C1CC2CCC(C1)N2. The van der Waals surface area contributed by atoms with E-state index >= 15 is 0 Å². The minimum Gasteiger partial charge on any atom is -0.360 e. The van der Waals surface area contributed by atoms with Gasteiger partial charge in [-0.3, -0.25) is 14.4 Å². The Morgan fingerprint density at radius 1 is 1.19 bits per heavy atom. The molecule has 2 unspecified atom stereocenters. The molecule has 2 aliphatic heterocycles. The molecule has 4 rings (SSSR count). The van der Waals surface area contributed by atoms with Gasteiger partial charge in [0.2, 0.25) is 11.3 Å². The molecule has 3 N–H and O–H groups in total. The minimum atomic E-state index is -0.533. The van der Waals surface area contributed by atoms with Crippen molar-refractivity contribution in [3.05, 3.63) is 46.2 Å². The van der Waals surface area contributed by atoms with Gasteiger partial charge in [0.25, 0.3) is 5.91 Å². The molecule has 142 valence electrons. The van der Waals surface area contributed by atoms with Crippen LogP contribution in [0.25, 0.3) is 10.9 Å². The zero-order chi connectivity index (χ0) is 19.0. The fraction of sp³-hybridized carbons (Fsp3) is 0.450. The third-order valence-corrected chi connectivity index (χ3v) is 5.82. The zero-order valence-electron chi connectivity index (χ0n) is 15.3. The molecule has 2 bridgehead atoms. The van der Waals surface area contributed by atoms with Gasteiger partial charge in [0.1, 0.15) is 5.56 Å². The molecule has 27 heavy (non-hydrogen) atoms. The van der Waals surface area contributed by atoms with Crippen LogP contribution in [0.5, 0.6) is 0 Å². The normalized spacial score (nSPS) is 24.0. The second-order valence-electron chi connectivity index (χ2n) is 7.53. The highest BCUT2D eigenvalue weighted by molar-refractivity contribution is 5.98. The Morgan fingerprint density at radius 3 is 2.63 bits per heavy atom. The first kappa shape index (κ1) is 17.7. The molecule has 1 aromatic carbocycles. The number of hydrogen-bond acceptors (Lipinski definition) is 4. The van der Waals surface area contributed by atoms with Gasteiger partial charge in [0, 0.05) is 42.3 Å². The fourth-order valence-corrected chi connectivity index (χ4v) is 4.26. The molecule has 2 fully saturated rings. The Kier molecular flexibility index (Phi) is 4.70. The lowest BCUT2D eigenvalue weighted by Gasteiger charge is -2.35. The quantitative estimate of drug-likeness (QED) is 0.750. The second-order valence-corrected chi connectivity index (χ2v) is 7.53. The molecule has 7 nitrogen and oxygen atoms in total. The third kappa shape index (κ3) is 3.47. The maximum atomic E-state index is 12.5. The fourth-order valence-electron chi connectivity index (χ4n) is 4.26. The van der Waals surface area contributed by atoms with E-state index in [1.165, 1.54) is 19.0 Å². The number of amides is 2. The van der Waals surface area contributed by atoms with Gasteiger partial charge >= 0.3 is 0 Å². The molecule has 0 radical (unpaired) electrons. The average Bonchev–Trinajstić information content (AvgIpc) is 3.03. The van der Waals surface area contributed by atoms with Crippen molar-refractivity contribution in [3.63, 3.8) is 0 Å². The Bertz CT molecular complexity index is 926. The predicted octanol–water partition coefficient (Wildman–Crippen LogP) is 0.999. The van der Waals surface area contributed by atoms with Crippen molar-refractivity contribution in [2.24, 2.45) is 0 Å². The molecule has 2 amide bonds. The van der Waals surface area contributed by atoms with Gasteiger partial charge in [-0.2, -0.15) is 0 Å². The number of aromatic nitrogens is 1. The Morgan fingerprint density at radius 2 is 1.89 bits per heavy atom. The smallest absolute Gasteiger partial charge is 0.257 e. The number of carbonyl (C=O) groups is 2. The summed E-state index contributed by atoms with van der Waals surface area (Å²) in [6, 6.07) is 8.23. The number of H-pyrrole nitrogens is 1. The maximum Gasteiger partial charge on any atom is 0.257 e. The number of rotatable bonds is 4. The van der Waals surface area contributed by atoms with Crippen LogP contribution in [0.1, 0.15) is 36.0 Å². The highest BCUT2D eigenvalue weighted by Crippen LogP contribution is 2.29. The monoisotopic (exact) mass is 368 g/mol. The molecule has 1 aromatic heterocycles. The number of hydrogen-bond donors (Lipinski definition) is 3. The van der Waals surface area contributed by atoms with Gasteiger partial charge in [-0.15, -0.1) is 0 Å². The maximum absolute atomic E-state index is 12.5. The first-order valence-electron chi connectivity index (χ1n) is 9.43. The van der Waals surface area contributed by atoms with E-state index in [1.807, 2.05) is 6.07 Å². The molecule has 0 aliphatic carbocycles. The summed E-state index contributed by atoms with van der Waals surface area (Å²) in [7, 11) is 1.80. The summed E-state index contributed by atoms with van der Waals surface area (Å²) in [6.07, 6.45) is 5.65. The summed E-state index contributed by atoms with van der Waals surface area (Å²) in [4.78, 5) is 42.1. The number of fused-ring (bicyclic) bond motifs is 3. The molecule has 3 heterocycles. The van der Waals surface area contributed by atoms with Crippen LogP contribution in [-0.2, 0) is 4.79 Å². The number of benzene rings is 1. The molecule has 2 aromatic rings. The Labute approximate surface area is 157 Å². The third-order valence-electron chi connectivity index (χ3n) is 5.82. The van der Waals surface area contributed by atoms with E-state index in [0.717, 1.165) is 12.8 Å². The number of likely N-dealkylation sites (N-methyl/N-ethyl adjacent to an activating group) is 1. The van der Waals surface area contributed by atoms with E-state index in [4.69, 9.17) is 0 Å². The van der Waals surface area contributed by atoms with Crippen molar-refractivity contribution in [3.8, 4) is 0 Å². The van der Waals surface area contributed by atoms with E-state index in [0.29, 0.717) is 23.0 Å². The summed E-state index contributed by atoms with van der Waals surface area (Å²) in [5.41, 5.74) is 0.358. The Hall–Kier alpha value is -2.67. The van der Waals surface area contributed by atoms with Crippen molar-refractivity contribution in [1.82, 2.24) is 20.5 Å². The number of para-hydroxylation sites is 1. The van der Waals surface area contributed by atoms with Crippen molar-refractivity contribution < 1.29 is 9.59 Å². The van der Waals surface area contributed by atoms with E-state index in [9.17, 15) is 14.4 Å². The lowest BCUT2D eigenvalue weighted by atomic mass is 9.98. The number of nitrogens with one attached hydrogen (secondary N) is 3. The van der Waals surface area contributed by atoms with Crippen LogP contribution in [0.3, 0.4) is 0 Å². The molecular formula is C20H24N4O3. The molecule has 2 saturated heterocycles. The van der Waals surface area contributed by atoms with Crippen LogP contribution >= 0.6 is 0 Å². The number of aromatic amines is 1. The Balaban J connectivity index is 1.39. The van der Waals surface area contributed by atoms with Crippen molar-refractivity contribution in [1.29, 1.82) is 0 Å². The average molecular weight is 368 g/mol. The first-order chi connectivity index (χ1) is 13.0. The van der Waals surface area contributed by atoms with Gasteiger partial charge in [0.15, 0.2) is 0 Å². The number of nitrogens with zero attached hydrogens (tertiary/aromatic N) is 1. The minimum absolute atomic E-state index is 0.0177. The van der Waals surface area contributed by atoms with E-state index in [2.05, 4.69) is 15.6 Å². The van der Waals surface area contributed by atoms with E-state index in [-0.39, 0.29) is 29.5 Å².